The highest BCUT2D eigenvalue weighted by molar-refractivity contribution is 6.11. The SMILES string of the molecule is O[C@@H]1C=c2cc3c(c4ccc5cccc1c5c24)=[N+]=CC=C3. The Bertz CT molecular complexity index is 1130. The summed E-state index contributed by atoms with van der Waals surface area (Å²) in [6.45, 7) is 0. The highest BCUT2D eigenvalue weighted by Gasteiger charge is 2.20. The minimum absolute atomic E-state index is 0.541. The molecule has 1 heterocycles. The number of fused-ring (bicyclic) bond motifs is 2. The van der Waals surface area contributed by atoms with E-state index in [0.29, 0.717) is 0 Å². The molecule has 0 saturated carbocycles. The van der Waals surface area contributed by atoms with Crippen molar-refractivity contribution in [2.45, 2.75) is 6.10 Å². The maximum Gasteiger partial charge on any atom is 0.342 e. The number of benzene rings is 3. The Balaban J connectivity index is 2.21. The topological polar surface area (TPSA) is 34.3 Å². The molecule has 98 valence electrons. The molecular weight excluding hydrogens is 258 g/mol. The van der Waals surface area contributed by atoms with Crippen molar-refractivity contribution in [1.82, 2.24) is 4.67 Å². The molecule has 0 saturated heterocycles. The third-order valence-electron chi connectivity index (χ3n) is 4.43. The normalized spacial score (nSPS) is 17.9. The van der Waals surface area contributed by atoms with Gasteiger partial charge in [-0.2, -0.15) is 0 Å². The molecule has 0 bridgehead atoms. The maximum atomic E-state index is 10.4. The van der Waals surface area contributed by atoms with Crippen LogP contribution in [0, 0.1) is 0 Å². The van der Waals surface area contributed by atoms with Crippen LogP contribution in [0.5, 0.6) is 0 Å². The molecule has 0 fully saturated rings. The van der Waals surface area contributed by atoms with Crippen LogP contribution in [0.2, 0.25) is 0 Å². The number of nitrogens with zero attached hydrogens (tertiary/aromatic N) is 1. The van der Waals surface area contributed by atoms with Crippen LogP contribution in [0.4, 0.5) is 0 Å². The largest absolute Gasteiger partial charge is 0.384 e. The van der Waals surface area contributed by atoms with Crippen molar-refractivity contribution in [2.24, 2.45) is 0 Å². The Morgan fingerprint density at radius 2 is 2.00 bits per heavy atom. The second-order valence-corrected chi connectivity index (χ2v) is 5.59. The molecule has 1 atom stereocenters. The fourth-order valence-corrected chi connectivity index (χ4v) is 3.54. The zero-order valence-corrected chi connectivity index (χ0v) is 11.2. The Morgan fingerprint density at radius 3 is 2.95 bits per heavy atom. The van der Waals surface area contributed by atoms with E-state index in [1.165, 1.54) is 10.8 Å². The summed E-state index contributed by atoms with van der Waals surface area (Å²) >= 11 is 0. The summed E-state index contributed by atoms with van der Waals surface area (Å²) < 4.78 is 4.55. The highest BCUT2D eigenvalue weighted by Crippen LogP contribution is 2.32. The predicted octanol–water partition coefficient (Wildman–Crippen LogP) is 1.60. The minimum Gasteiger partial charge on any atom is -0.384 e. The summed E-state index contributed by atoms with van der Waals surface area (Å²) in [7, 11) is 0. The van der Waals surface area contributed by atoms with Gasteiger partial charge in [-0.05, 0) is 45.8 Å². The summed E-state index contributed by atoms with van der Waals surface area (Å²) in [6.07, 6.45) is 7.26. The van der Waals surface area contributed by atoms with E-state index in [1.54, 1.807) is 0 Å². The number of allylic oxidation sites excluding steroid dienone is 1. The van der Waals surface area contributed by atoms with Crippen molar-refractivity contribution < 1.29 is 5.11 Å². The van der Waals surface area contributed by atoms with Crippen LogP contribution in [0.3, 0.4) is 0 Å². The van der Waals surface area contributed by atoms with E-state index in [1.807, 2.05) is 30.5 Å². The second kappa shape index (κ2) is 3.70. The Hall–Kier alpha value is -2.67. The van der Waals surface area contributed by atoms with Crippen LogP contribution in [0.1, 0.15) is 17.2 Å². The van der Waals surface area contributed by atoms with Gasteiger partial charge in [0.1, 0.15) is 0 Å². The van der Waals surface area contributed by atoms with E-state index >= 15 is 0 Å². The summed E-state index contributed by atoms with van der Waals surface area (Å²) in [5.74, 6) is 0. The van der Waals surface area contributed by atoms with Crippen molar-refractivity contribution in [1.29, 1.82) is 0 Å². The summed E-state index contributed by atoms with van der Waals surface area (Å²) in [5, 5.41) is 17.2. The van der Waals surface area contributed by atoms with Gasteiger partial charge in [-0.3, -0.25) is 0 Å². The Kier molecular flexibility index (Phi) is 1.95. The van der Waals surface area contributed by atoms with Crippen molar-refractivity contribution >= 4 is 39.9 Å². The van der Waals surface area contributed by atoms with Gasteiger partial charge in [0.05, 0.1) is 17.1 Å². The molecule has 2 heteroatoms. The van der Waals surface area contributed by atoms with Gasteiger partial charge in [-0.15, -0.1) is 0 Å². The molecule has 1 aliphatic heterocycles. The summed E-state index contributed by atoms with van der Waals surface area (Å²) in [4.78, 5) is 0. The average Bonchev–Trinajstić information content (AvgIpc) is 2.53. The lowest BCUT2D eigenvalue weighted by Crippen LogP contribution is -2.22. The zero-order valence-electron chi connectivity index (χ0n) is 11.2. The fourth-order valence-electron chi connectivity index (χ4n) is 3.54. The third kappa shape index (κ3) is 1.33. The van der Waals surface area contributed by atoms with Crippen LogP contribution in [-0.2, 0) is 0 Å². The van der Waals surface area contributed by atoms with Gasteiger partial charge >= 0.3 is 5.36 Å². The van der Waals surface area contributed by atoms with E-state index in [0.717, 1.165) is 32.5 Å². The molecule has 1 aliphatic carbocycles. The zero-order chi connectivity index (χ0) is 14.0. The molecule has 0 amide bonds. The first kappa shape index (κ1) is 11.0. The van der Waals surface area contributed by atoms with Crippen LogP contribution >= 0.6 is 0 Å². The Labute approximate surface area is 120 Å². The number of rotatable bonds is 0. The molecule has 0 aromatic heterocycles. The van der Waals surface area contributed by atoms with Gasteiger partial charge in [0.15, 0.2) is 0 Å². The second-order valence-electron chi connectivity index (χ2n) is 5.59. The first-order valence-electron chi connectivity index (χ1n) is 7.09. The van der Waals surface area contributed by atoms with Crippen molar-refractivity contribution in [3.05, 3.63) is 64.2 Å². The van der Waals surface area contributed by atoms with Gasteiger partial charge in [-0.1, -0.05) is 28.9 Å². The van der Waals surface area contributed by atoms with Gasteiger partial charge < -0.3 is 5.11 Å². The van der Waals surface area contributed by atoms with Crippen molar-refractivity contribution in [3.63, 3.8) is 0 Å². The van der Waals surface area contributed by atoms with Crippen LogP contribution in [0.25, 0.3) is 33.7 Å². The standard InChI is InChI=1S/C19H12NO/c21-16-10-13-9-12-4-2-8-20-19(12)15-7-6-11-3-1-5-14(16)17(11)18(13)15/h1-10,16,21H/q+1/t16-/m1/s1. The van der Waals surface area contributed by atoms with E-state index in [9.17, 15) is 5.11 Å². The lowest BCUT2D eigenvalue weighted by Gasteiger charge is -2.17. The fraction of sp³-hybridized carbons (Fsp3) is 0.0526. The van der Waals surface area contributed by atoms with Gasteiger partial charge in [0, 0.05) is 11.5 Å². The van der Waals surface area contributed by atoms with E-state index in [4.69, 9.17) is 0 Å². The molecule has 21 heavy (non-hydrogen) atoms. The van der Waals surface area contributed by atoms with Crippen molar-refractivity contribution in [3.8, 4) is 0 Å². The smallest absolute Gasteiger partial charge is 0.342 e. The quantitative estimate of drug-likeness (QED) is 0.489. The molecule has 0 radical (unpaired) electrons. The average molecular weight is 270 g/mol. The molecule has 0 unspecified atom stereocenters. The van der Waals surface area contributed by atoms with Crippen LogP contribution in [0.15, 0.2) is 42.5 Å². The monoisotopic (exact) mass is 270 g/mol. The molecule has 3 aromatic rings. The summed E-state index contributed by atoms with van der Waals surface area (Å²) in [5.41, 5.74) is 2.10. The third-order valence-corrected chi connectivity index (χ3v) is 4.43. The molecule has 1 N–H and O–H groups in total. The molecular formula is C19H12NO+. The van der Waals surface area contributed by atoms with Gasteiger partial charge in [-0.25, -0.2) is 0 Å². The van der Waals surface area contributed by atoms with Crippen molar-refractivity contribution in [2.75, 3.05) is 0 Å². The van der Waals surface area contributed by atoms with E-state index in [2.05, 4.69) is 35.0 Å². The molecule has 3 aromatic carbocycles. The van der Waals surface area contributed by atoms with Gasteiger partial charge in [0.2, 0.25) is 0 Å². The maximum absolute atomic E-state index is 10.4. The molecule has 2 nitrogen and oxygen atoms in total. The van der Waals surface area contributed by atoms with E-state index < -0.39 is 6.10 Å². The van der Waals surface area contributed by atoms with E-state index in [-0.39, 0.29) is 0 Å². The van der Waals surface area contributed by atoms with Gasteiger partial charge in [0.25, 0.3) is 6.21 Å². The summed E-state index contributed by atoms with van der Waals surface area (Å²) in [6, 6.07) is 12.5. The lowest BCUT2D eigenvalue weighted by molar-refractivity contribution is 0.245. The molecule has 2 aliphatic rings. The Morgan fingerprint density at radius 1 is 1.05 bits per heavy atom. The number of hydrogen-bond donors (Lipinski definition) is 1. The van der Waals surface area contributed by atoms with Crippen LogP contribution < -0.4 is 15.2 Å². The van der Waals surface area contributed by atoms with Crippen LogP contribution in [-0.4, -0.2) is 11.3 Å². The highest BCUT2D eigenvalue weighted by atomic mass is 16.3. The molecule has 5 rings (SSSR count). The number of aliphatic hydroxyl groups is 1. The molecule has 0 spiro atoms. The number of aliphatic hydroxyl groups excluding tert-OH is 1. The number of hydrogen-bond acceptors (Lipinski definition) is 1. The first-order chi connectivity index (χ1) is 10.3. The predicted molar refractivity (Wildman–Crippen MR) is 86.5 cm³/mol. The first-order valence-corrected chi connectivity index (χ1v) is 7.09. The lowest BCUT2D eigenvalue weighted by atomic mass is 9.88. The minimum atomic E-state index is -0.541.